The van der Waals surface area contributed by atoms with Crippen LogP contribution in [0.5, 0.6) is 0 Å². The number of hydrogen-bond acceptors (Lipinski definition) is 4. The van der Waals surface area contributed by atoms with Gasteiger partial charge in [-0.2, -0.15) is 0 Å². The van der Waals surface area contributed by atoms with E-state index in [1.165, 1.54) is 4.88 Å². The lowest BCUT2D eigenvalue weighted by Gasteiger charge is -2.30. The molecule has 0 aliphatic heterocycles. The molecule has 0 aliphatic rings. The monoisotopic (exact) mass is 241 g/mol. The molecular weight excluding hydrogens is 218 g/mol. The standard InChI is InChI=1S/C12H23N3S/c1-6-15(8-12(4,5)7-13)11-14-9(2)10(3)16-11/h6-8,13H2,1-5H3. The van der Waals surface area contributed by atoms with Crippen LogP contribution in [0.25, 0.3) is 0 Å². The Balaban J connectivity index is 2.82. The van der Waals surface area contributed by atoms with Gasteiger partial charge in [0.05, 0.1) is 5.69 Å². The largest absolute Gasteiger partial charge is 0.348 e. The van der Waals surface area contributed by atoms with Crippen molar-refractivity contribution in [3.8, 4) is 0 Å². The number of hydrogen-bond donors (Lipinski definition) is 1. The summed E-state index contributed by atoms with van der Waals surface area (Å²) in [4.78, 5) is 8.23. The molecular formula is C12H23N3S. The molecule has 2 N–H and O–H groups in total. The van der Waals surface area contributed by atoms with Crippen LogP contribution >= 0.6 is 11.3 Å². The third-order valence-electron chi connectivity index (χ3n) is 2.84. The summed E-state index contributed by atoms with van der Waals surface area (Å²) in [6.45, 7) is 13.4. The SMILES string of the molecule is CCN(CC(C)(C)CN)c1nc(C)c(C)s1. The van der Waals surface area contributed by atoms with Crippen LogP contribution in [0.4, 0.5) is 5.13 Å². The van der Waals surface area contributed by atoms with Gasteiger partial charge in [-0.25, -0.2) is 4.98 Å². The molecule has 0 radical (unpaired) electrons. The first kappa shape index (κ1) is 13.5. The molecule has 3 nitrogen and oxygen atoms in total. The molecule has 1 aromatic rings. The zero-order chi connectivity index (χ0) is 12.3. The van der Waals surface area contributed by atoms with Gasteiger partial charge in [-0.05, 0) is 32.7 Å². The fourth-order valence-electron chi connectivity index (χ4n) is 1.49. The number of thiazole rings is 1. The van der Waals surface area contributed by atoms with Crippen LogP contribution in [-0.2, 0) is 0 Å². The molecule has 92 valence electrons. The van der Waals surface area contributed by atoms with Crippen LogP contribution in [0.3, 0.4) is 0 Å². The summed E-state index contributed by atoms with van der Waals surface area (Å²) >= 11 is 1.77. The van der Waals surface area contributed by atoms with Gasteiger partial charge < -0.3 is 10.6 Å². The Bertz CT molecular complexity index is 325. The summed E-state index contributed by atoms with van der Waals surface area (Å²) in [5, 5.41) is 1.12. The number of aryl methyl sites for hydroxylation is 2. The van der Waals surface area contributed by atoms with Gasteiger partial charge in [0.2, 0.25) is 0 Å². The van der Waals surface area contributed by atoms with E-state index in [1.54, 1.807) is 11.3 Å². The fourth-order valence-corrected chi connectivity index (χ4v) is 2.46. The summed E-state index contributed by atoms with van der Waals surface area (Å²) in [5.74, 6) is 0. The molecule has 0 saturated carbocycles. The molecule has 0 aliphatic carbocycles. The second kappa shape index (κ2) is 5.15. The number of aromatic nitrogens is 1. The smallest absolute Gasteiger partial charge is 0.185 e. The molecule has 16 heavy (non-hydrogen) atoms. The molecule has 0 amide bonds. The van der Waals surface area contributed by atoms with E-state index in [-0.39, 0.29) is 5.41 Å². The Morgan fingerprint density at radius 2 is 2.00 bits per heavy atom. The maximum Gasteiger partial charge on any atom is 0.185 e. The average Bonchev–Trinajstić information content (AvgIpc) is 2.56. The lowest BCUT2D eigenvalue weighted by atomic mass is 9.93. The summed E-state index contributed by atoms with van der Waals surface area (Å²) in [7, 11) is 0. The van der Waals surface area contributed by atoms with Crippen molar-refractivity contribution in [3.05, 3.63) is 10.6 Å². The lowest BCUT2D eigenvalue weighted by molar-refractivity contribution is 0.379. The highest BCUT2D eigenvalue weighted by atomic mass is 32.1. The summed E-state index contributed by atoms with van der Waals surface area (Å²) < 4.78 is 0. The van der Waals surface area contributed by atoms with Gasteiger partial charge >= 0.3 is 0 Å². The highest BCUT2D eigenvalue weighted by Crippen LogP contribution is 2.27. The number of anilines is 1. The lowest BCUT2D eigenvalue weighted by Crippen LogP contribution is -2.38. The van der Waals surface area contributed by atoms with Gasteiger partial charge in [0.1, 0.15) is 0 Å². The van der Waals surface area contributed by atoms with Crippen molar-refractivity contribution in [2.75, 3.05) is 24.5 Å². The van der Waals surface area contributed by atoms with Crippen molar-refractivity contribution in [2.24, 2.45) is 11.1 Å². The van der Waals surface area contributed by atoms with Crippen LogP contribution in [0.15, 0.2) is 0 Å². The van der Waals surface area contributed by atoms with Crippen molar-refractivity contribution >= 4 is 16.5 Å². The molecule has 1 heterocycles. The van der Waals surface area contributed by atoms with Crippen molar-refractivity contribution in [2.45, 2.75) is 34.6 Å². The van der Waals surface area contributed by atoms with Crippen LogP contribution in [0.2, 0.25) is 0 Å². The van der Waals surface area contributed by atoms with E-state index >= 15 is 0 Å². The Hall–Kier alpha value is -0.610. The molecule has 0 atom stereocenters. The van der Waals surface area contributed by atoms with Crippen LogP contribution in [0.1, 0.15) is 31.3 Å². The number of nitrogens with two attached hydrogens (primary N) is 1. The zero-order valence-corrected chi connectivity index (χ0v) is 11.8. The predicted molar refractivity (Wildman–Crippen MR) is 72.3 cm³/mol. The minimum Gasteiger partial charge on any atom is -0.348 e. The van der Waals surface area contributed by atoms with E-state index in [1.807, 2.05) is 0 Å². The van der Waals surface area contributed by atoms with Gasteiger partial charge in [-0.1, -0.05) is 13.8 Å². The van der Waals surface area contributed by atoms with Crippen LogP contribution < -0.4 is 10.6 Å². The molecule has 0 bridgehead atoms. The molecule has 4 heteroatoms. The third-order valence-corrected chi connectivity index (χ3v) is 3.97. The van der Waals surface area contributed by atoms with Crippen LogP contribution in [-0.4, -0.2) is 24.6 Å². The average molecular weight is 241 g/mol. The maximum atomic E-state index is 5.78. The predicted octanol–water partition coefficient (Wildman–Crippen LogP) is 2.57. The molecule has 1 aromatic heterocycles. The van der Waals surface area contributed by atoms with E-state index in [9.17, 15) is 0 Å². The van der Waals surface area contributed by atoms with Gasteiger partial charge in [0, 0.05) is 18.0 Å². The van der Waals surface area contributed by atoms with Gasteiger partial charge in [0.25, 0.3) is 0 Å². The maximum absolute atomic E-state index is 5.78. The van der Waals surface area contributed by atoms with Crippen molar-refractivity contribution in [1.82, 2.24) is 4.98 Å². The van der Waals surface area contributed by atoms with Gasteiger partial charge in [0.15, 0.2) is 5.13 Å². The molecule has 1 rings (SSSR count). The third kappa shape index (κ3) is 3.19. The molecule has 0 unspecified atom stereocenters. The molecule has 0 fully saturated rings. The van der Waals surface area contributed by atoms with E-state index in [4.69, 9.17) is 5.73 Å². The Morgan fingerprint density at radius 1 is 1.38 bits per heavy atom. The van der Waals surface area contributed by atoms with Gasteiger partial charge in [-0.3, -0.25) is 0 Å². The Morgan fingerprint density at radius 3 is 2.38 bits per heavy atom. The Labute approximate surface area is 103 Å². The quantitative estimate of drug-likeness (QED) is 0.861. The van der Waals surface area contributed by atoms with Crippen molar-refractivity contribution in [3.63, 3.8) is 0 Å². The number of nitrogens with zero attached hydrogens (tertiary/aromatic N) is 2. The summed E-state index contributed by atoms with van der Waals surface area (Å²) in [6, 6.07) is 0. The minimum atomic E-state index is 0.142. The van der Waals surface area contributed by atoms with Crippen molar-refractivity contribution in [1.29, 1.82) is 0 Å². The fraction of sp³-hybridized carbons (Fsp3) is 0.750. The van der Waals surface area contributed by atoms with E-state index in [0.29, 0.717) is 6.54 Å². The first-order valence-corrected chi connectivity index (χ1v) is 6.60. The van der Waals surface area contributed by atoms with E-state index in [2.05, 4.69) is 44.5 Å². The Kier molecular flexibility index (Phi) is 4.33. The highest BCUT2D eigenvalue weighted by Gasteiger charge is 2.21. The molecule has 0 aromatic carbocycles. The van der Waals surface area contributed by atoms with Crippen LogP contribution in [0, 0.1) is 19.3 Å². The minimum absolute atomic E-state index is 0.142. The molecule has 0 spiro atoms. The zero-order valence-electron chi connectivity index (χ0n) is 11.0. The van der Waals surface area contributed by atoms with E-state index < -0.39 is 0 Å². The highest BCUT2D eigenvalue weighted by molar-refractivity contribution is 7.15. The first-order valence-electron chi connectivity index (χ1n) is 5.78. The topological polar surface area (TPSA) is 42.1 Å². The first-order chi connectivity index (χ1) is 7.39. The normalized spacial score (nSPS) is 11.9. The van der Waals surface area contributed by atoms with Gasteiger partial charge in [-0.15, -0.1) is 11.3 Å². The second-order valence-corrected chi connectivity index (χ2v) is 6.20. The number of rotatable bonds is 5. The summed E-state index contributed by atoms with van der Waals surface area (Å²) in [6.07, 6.45) is 0. The van der Waals surface area contributed by atoms with Crippen molar-refractivity contribution < 1.29 is 0 Å². The molecule has 0 saturated heterocycles. The van der Waals surface area contributed by atoms with E-state index in [0.717, 1.165) is 23.9 Å². The summed E-state index contributed by atoms with van der Waals surface area (Å²) in [5.41, 5.74) is 7.06. The second-order valence-electron chi connectivity index (χ2n) is 5.02.